The van der Waals surface area contributed by atoms with Crippen molar-refractivity contribution >= 4 is 56.3 Å². The van der Waals surface area contributed by atoms with Gasteiger partial charge in [-0.3, -0.25) is 24.0 Å². The third-order valence-corrected chi connectivity index (χ3v) is 15.3. The Labute approximate surface area is 320 Å². The zero-order valence-electron chi connectivity index (χ0n) is 30.7. The smallest absolute Gasteiger partial charge is 0.408 e. The van der Waals surface area contributed by atoms with Crippen molar-refractivity contribution in [3.05, 3.63) is 46.6 Å². The van der Waals surface area contributed by atoms with Crippen LogP contribution in [0.1, 0.15) is 102 Å². The number of hydrogen-bond acceptors (Lipinski definition) is 8. The van der Waals surface area contributed by atoms with Crippen molar-refractivity contribution in [1.82, 2.24) is 24.8 Å². The maximum atomic E-state index is 14.9. The minimum absolute atomic E-state index is 0.0280. The number of carbonyl (C=O) groups is 4. The predicted molar refractivity (Wildman–Crippen MR) is 200 cm³/mol. The zero-order chi connectivity index (χ0) is 38.2. The summed E-state index contributed by atoms with van der Waals surface area (Å²) < 4.78 is 34.5. The Morgan fingerprint density at radius 3 is 2.57 bits per heavy atom. The number of nitrogens with zero attached hydrogens (tertiary/aromatic N) is 3. The van der Waals surface area contributed by atoms with Gasteiger partial charge in [0, 0.05) is 34.4 Å². The fourth-order valence-electron chi connectivity index (χ4n) is 8.98. The highest BCUT2D eigenvalue weighted by atomic mass is 35.5. The number of sulfonamides is 1. The van der Waals surface area contributed by atoms with Crippen LogP contribution in [0.5, 0.6) is 5.75 Å². The molecule has 54 heavy (non-hydrogen) atoms. The molecule has 3 saturated carbocycles. The molecular formula is C39H48ClN5O8S. The van der Waals surface area contributed by atoms with E-state index in [1.807, 2.05) is 31.2 Å². The minimum atomic E-state index is -3.99. The lowest BCUT2D eigenvalue weighted by Crippen LogP contribution is -2.60. The summed E-state index contributed by atoms with van der Waals surface area (Å²) in [6.45, 7) is 3.48. The summed E-state index contributed by atoms with van der Waals surface area (Å²) in [5, 5.41) is 14.9. The second-order valence-electron chi connectivity index (χ2n) is 16.6. The van der Waals surface area contributed by atoms with Crippen LogP contribution in [0.2, 0.25) is 5.02 Å². The van der Waals surface area contributed by atoms with Crippen molar-refractivity contribution in [3.8, 4) is 5.75 Å². The van der Waals surface area contributed by atoms with Gasteiger partial charge in [0.05, 0.1) is 22.5 Å². The number of allylic oxidation sites excluding steroid dienone is 1. The Morgan fingerprint density at radius 1 is 1.09 bits per heavy atom. The molecule has 0 bridgehead atoms. The van der Waals surface area contributed by atoms with E-state index in [-0.39, 0.29) is 25.4 Å². The summed E-state index contributed by atoms with van der Waals surface area (Å²) in [5.41, 5.74) is -0.141. The number of halogens is 1. The van der Waals surface area contributed by atoms with Gasteiger partial charge in [0.25, 0.3) is 5.91 Å². The van der Waals surface area contributed by atoms with Gasteiger partial charge >= 0.3 is 6.09 Å². The maximum Gasteiger partial charge on any atom is 0.408 e. The number of aromatic nitrogens is 1. The average Bonchev–Trinajstić information content (AvgIpc) is 3.99. The van der Waals surface area contributed by atoms with Crippen LogP contribution in [0.3, 0.4) is 0 Å². The van der Waals surface area contributed by atoms with Crippen molar-refractivity contribution in [2.75, 3.05) is 6.54 Å². The Kier molecular flexibility index (Phi) is 9.18. The van der Waals surface area contributed by atoms with Crippen LogP contribution in [0.15, 0.2) is 30.4 Å². The molecule has 15 heteroatoms. The van der Waals surface area contributed by atoms with E-state index in [1.54, 1.807) is 13.0 Å². The highest BCUT2D eigenvalue weighted by Crippen LogP contribution is 2.49. The molecule has 1 saturated heterocycles. The quantitative estimate of drug-likeness (QED) is 0.347. The molecule has 4 fully saturated rings. The number of carbonyl (C=O) groups excluding carboxylic acids is 3. The van der Waals surface area contributed by atoms with E-state index < -0.39 is 67.7 Å². The molecule has 1 aromatic heterocycles. The van der Waals surface area contributed by atoms with E-state index in [0.717, 1.165) is 35.7 Å². The first-order chi connectivity index (χ1) is 25.7. The van der Waals surface area contributed by atoms with Crippen molar-refractivity contribution in [2.45, 2.75) is 138 Å². The van der Waals surface area contributed by atoms with Crippen LogP contribution < -0.4 is 14.8 Å². The van der Waals surface area contributed by atoms with Gasteiger partial charge in [0.2, 0.25) is 21.8 Å². The molecule has 2 aromatic rings. The third-order valence-electron chi connectivity index (χ3n) is 12.9. The highest BCUT2D eigenvalue weighted by Gasteiger charge is 2.64. The SMILES string of the molecule is Cc1nc2ccc(Cl)cc2c2c1O[C@]1(CC2)C[C@H]2C(=O)N[C@]3(C(=O)NS(=O)(=O)C4(C)CC4)C[C@H]3/C=C\CCCCC[C@H](N(C(=O)O)C3CCC3)C(=O)N2C1. The number of aryl methyl sites for hydroxylation is 2. The summed E-state index contributed by atoms with van der Waals surface area (Å²) >= 11 is 6.39. The monoisotopic (exact) mass is 781 g/mol. The van der Waals surface area contributed by atoms with Crippen molar-refractivity contribution < 1.29 is 37.4 Å². The third kappa shape index (κ3) is 6.40. The van der Waals surface area contributed by atoms with Gasteiger partial charge in [-0.05, 0) is 103 Å². The Hall–Kier alpha value is -3.91. The normalized spacial score (nSPS) is 31.4. The van der Waals surface area contributed by atoms with E-state index in [4.69, 9.17) is 21.3 Å². The molecule has 3 aliphatic carbocycles. The molecule has 4 amide bonds. The molecule has 290 valence electrons. The first kappa shape index (κ1) is 37.0. The lowest BCUT2D eigenvalue weighted by Gasteiger charge is -2.42. The number of nitrogens with one attached hydrogen (secondary N) is 2. The second kappa shape index (κ2) is 13.4. The number of carboxylic acid groups (broad SMARTS) is 1. The standard InChI is InChI=1S/C39H48ClN5O8S/c1-23-32-27(28-19-25(40)13-14-29(28)41-23)15-16-38(53-32)21-31-33(46)42-39(35(48)43-54(51,52)37(2)17-18-37)20-24(39)9-6-4-3-5-7-12-30(34(47)44(31)22-38)45(36(49)50)26-10-8-11-26/h6,9,13-14,19,24,26,30-31H,3-5,7-8,10-12,15-18,20-22H2,1-2H3,(H,42,46)(H,43,48)(H,49,50)/b9-6-/t24-,30+,31+,38-,39-/m1/s1. The van der Waals surface area contributed by atoms with Gasteiger partial charge in [0.15, 0.2) is 0 Å². The van der Waals surface area contributed by atoms with Gasteiger partial charge in [-0.25, -0.2) is 18.2 Å². The molecule has 13 nitrogen and oxygen atoms in total. The maximum absolute atomic E-state index is 14.9. The van der Waals surface area contributed by atoms with Crippen LogP contribution >= 0.6 is 11.6 Å². The predicted octanol–water partition coefficient (Wildman–Crippen LogP) is 5.16. The number of pyridine rings is 1. The number of fused-ring (bicyclic) bond motifs is 5. The fraction of sp³-hybridized carbons (Fsp3) is 0.615. The van der Waals surface area contributed by atoms with Crippen LogP contribution in [-0.4, -0.2) is 92.7 Å². The van der Waals surface area contributed by atoms with Crippen molar-refractivity contribution in [3.63, 3.8) is 0 Å². The highest BCUT2D eigenvalue weighted by molar-refractivity contribution is 7.91. The molecule has 8 rings (SSSR count). The number of amides is 4. The minimum Gasteiger partial charge on any atom is -0.483 e. The lowest BCUT2D eigenvalue weighted by atomic mass is 9.87. The van der Waals surface area contributed by atoms with E-state index in [0.29, 0.717) is 74.3 Å². The van der Waals surface area contributed by atoms with E-state index >= 15 is 0 Å². The van der Waals surface area contributed by atoms with Gasteiger partial charge in [-0.15, -0.1) is 0 Å². The van der Waals surface area contributed by atoms with Gasteiger partial charge in [0.1, 0.15) is 29.0 Å². The molecule has 5 atom stereocenters. The number of ether oxygens (including phenoxy) is 1. The van der Waals surface area contributed by atoms with Crippen LogP contribution in [0, 0.1) is 12.8 Å². The van der Waals surface area contributed by atoms with E-state index in [9.17, 15) is 32.7 Å². The molecule has 1 spiro atoms. The van der Waals surface area contributed by atoms with Crippen molar-refractivity contribution in [2.24, 2.45) is 5.92 Å². The first-order valence-electron chi connectivity index (χ1n) is 19.3. The zero-order valence-corrected chi connectivity index (χ0v) is 32.3. The number of rotatable bonds is 5. The first-order valence-corrected chi connectivity index (χ1v) is 21.2. The van der Waals surface area contributed by atoms with E-state index in [1.165, 1.54) is 9.80 Å². The second-order valence-corrected chi connectivity index (χ2v) is 19.3. The molecule has 0 radical (unpaired) electrons. The summed E-state index contributed by atoms with van der Waals surface area (Å²) in [4.78, 5) is 64.0. The summed E-state index contributed by atoms with van der Waals surface area (Å²) in [6, 6.07) is 3.11. The Balaban J connectivity index is 1.16. The molecular weight excluding hydrogens is 734 g/mol. The van der Waals surface area contributed by atoms with Crippen LogP contribution in [-0.2, 0) is 30.8 Å². The summed E-state index contributed by atoms with van der Waals surface area (Å²) in [7, 11) is -3.99. The number of hydrogen-bond donors (Lipinski definition) is 3. The summed E-state index contributed by atoms with van der Waals surface area (Å²) in [5.74, 6) is -1.71. The molecule has 6 aliphatic rings. The summed E-state index contributed by atoms with van der Waals surface area (Å²) in [6.07, 6.45) is 10.3. The topological polar surface area (TPSA) is 175 Å². The molecule has 3 N–H and O–H groups in total. The number of benzene rings is 1. The van der Waals surface area contributed by atoms with Gasteiger partial charge in [-0.1, -0.05) is 36.6 Å². The van der Waals surface area contributed by atoms with Gasteiger partial charge < -0.3 is 20.1 Å². The van der Waals surface area contributed by atoms with Crippen LogP contribution in [0.25, 0.3) is 10.9 Å². The molecule has 4 heterocycles. The van der Waals surface area contributed by atoms with Crippen LogP contribution in [0.4, 0.5) is 4.79 Å². The van der Waals surface area contributed by atoms with Crippen molar-refractivity contribution in [1.29, 1.82) is 0 Å². The largest absolute Gasteiger partial charge is 0.483 e. The molecule has 1 aromatic carbocycles. The fourth-order valence-corrected chi connectivity index (χ4v) is 10.5. The molecule has 3 aliphatic heterocycles. The van der Waals surface area contributed by atoms with Gasteiger partial charge in [-0.2, -0.15) is 0 Å². The Morgan fingerprint density at radius 2 is 1.87 bits per heavy atom. The van der Waals surface area contributed by atoms with E-state index in [2.05, 4.69) is 10.0 Å². The molecule has 0 unspecified atom stereocenters. The lowest BCUT2D eigenvalue weighted by molar-refractivity contribution is -0.144. The Bertz CT molecular complexity index is 2070. The average molecular weight is 782 g/mol.